The Hall–Kier alpha value is -2.75. The van der Waals surface area contributed by atoms with Crippen molar-refractivity contribution in [3.63, 3.8) is 0 Å². The minimum Gasteiger partial charge on any atom is -0.378 e. The molecule has 9 nitrogen and oxygen atoms in total. The highest BCUT2D eigenvalue weighted by Gasteiger charge is 2.24. The van der Waals surface area contributed by atoms with Crippen LogP contribution in [0.4, 0.5) is 11.8 Å². The van der Waals surface area contributed by atoms with Crippen molar-refractivity contribution < 1.29 is 9.26 Å². The molecule has 0 bridgehead atoms. The van der Waals surface area contributed by atoms with Crippen LogP contribution in [0.15, 0.2) is 22.7 Å². The monoisotopic (exact) mass is 465 g/mol. The molecule has 0 saturated carbocycles. The average Bonchev–Trinajstić information content (AvgIpc) is 3.20. The van der Waals surface area contributed by atoms with Crippen LogP contribution in [0.3, 0.4) is 0 Å². The number of likely N-dealkylation sites (N-methyl/N-ethyl adjacent to an activating group) is 1. The molecule has 9 heteroatoms. The van der Waals surface area contributed by atoms with Crippen LogP contribution < -0.4 is 9.80 Å². The molecule has 0 atom stereocenters. The number of anilines is 2. The summed E-state index contributed by atoms with van der Waals surface area (Å²) in [6.07, 6.45) is 0. The fourth-order valence-corrected chi connectivity index (χ4v) is 4.82. The van der Waals surface area contributed by atoms with E-state index in [4.69, 9.17) is 19.2 Å². The van der Waals surface area contributed by atoms with Gasteiger partial charge >= 0.3 is 0 Å². The Morgan fingerprint density at radius 3 is 2.38 bits per heavy atom. The third kappa shape index (κ3) is 4.73. The van der Waals surface area contributed by atoms with Crippen LogP contribution in [-0.4, -0.2) is 105 Å². The summed E-state index contributed by atoms with van der Waals surface area (Å²) in [6, 6.07) is 6.42. The van der Waals surface area contributed by atoms with E-state index >= 15 is 0 Å². The SMILES string of the molecule is Cc1noc(C)c1-c1ccc2nc(N3CCN(CCN(C)C)CC3)nc(N3CCOCC3)c2c1. The first-order chi connectivity index (χ1) is 16.5. The van der Waals surface area contributed by atoms with E-state index in [-0.39, 0.29) is 0 Å². The van der Waals surface area contributed by atoms with Gasteiger partial charge in [-0.3, -0.25) is 4.90 Å². The molecule has 0 radical (unpaired) electrons. The number of piperazine rings is 1. The van der Waals surface area contributed by atoms with Crippen LogP contribution in [0.5, 0.6) is 0 Å². The fraction of sp³-hybridized carbons (Fsp3) is 0.560. The summed E-state index contributed by atoms with van der Waals surface area (Å²) in [6.45, 7) is 13.2. The van der Waals surface area contributed by atoms with Gasteiger partial charge in [-0.2, -0.15) is 4.98 Å². The third-order valence-corrected chi connectivity index (χ3v) is 6.82. The average molecular weight is 466 g/mol. The predicted octanol–water partition coefficient (Wildman–Crippen LogP) is 2.42. The predicted molar refractivity (Wildman–Crippen MR) is 135 cm³/mol. The van der Waals surface area contributed by atoms with Gasteiger partial charge in [0.2, 0.25) is 5.95 Å². The van der Waals surface area contributed by atoms with Gasteiger partial charge in [0.05, 0.1) is 24.4 Å². The summed E-state index contributed by atoms with van der Waals surface area (Å²) in [5, 5.41) is 5.21. The maximum Gasteiger partial charge on any atom is 0.227 e. The number of rotatable bonds is 6. The number of aryl methyl sites for hydroxylation is 2. The topological polar surface area (TPSA) is 74.0 Å². The summed E-state index contributed by atoms with van der Waals surface area (Å²) in [4.78, 5) is 19.6. The van der Waals surface area contributed by atoms with E-state index in [1.165, 1.54) is 0 Å². The van der Waals surface area contributed by atoms with Crippen molar-refractivity contribution in [1.29, 1.82) is 0 Å². The van der Waals surface area contributed by atoms with Crippen molar-refractivity contribution in [2.24, 2.45) is 0 Å². The Kier molecular flexibility index (Phi) is 6.67. The van der Waals surface area contributed by atoms with Gasteiger partial charge in [-0.1, -0.05) is 11.2 Å². The molecule has 182 valence electrons. The Morgan fingerprint density at radius 1 is 0.941 bits per heavy atom. The lowest BCUT2D eigenvalue weighted by molar-refractivity contribution is 0.122. The number of nitrogens with zero attached hydrogens (tertiary/aromatic N) is 7. The highest BCUT2D eigenvalue weighted by atomic mass is 16.5. The molecular formula is C25H35N7O2. The van der Waals surface area contributed by atoms with Crippen LogP contribution in [0.2, 0.25) is 0 Å². The quantitative estimate of drug-likeness (QED) is 0.546. The van der Waals surface area contributed by atoms with Crippen LogP contribution in [0, 0.1) is 13.8 Å². The standard InChI is InChI=1S/C25H35N7O2/c1-18-23(19(2)34-28-18)20-5-6-22-21(17-20)24(31-13-15-33-16-14-31)27-25(26-22)32-11-9-30(10-12-32)8-7-29(3)4/h5-6,17H,7-16H2,1-4H3. The molecule has 0 N–H and O–H groups in total. The second-order valence-corrected chi connectivity index (χ2v) is 9.51. The molecule has 2 aliphatic heterocycles. The van der Waals surface area contributed by atoms with Crippen LogP contribution in [0.25, 0.3) is 22.0 Å². The van der Waals surface area contributed by atoms with Gasteiger partial charge in [-0.25, -0.2) is 4.98 Å². The number of aromatic nitrogens is 3. The molecule has 3 aromatic rings. The zero-order chi connectivity index (χ0) is 23.7. The summed E-state index contributed by atoms with van der Waals surface area (Å²) in [5.74, 6) is 2.65. The molecule has 2 aliphatic rings. The Morgan fingerprint density at radius 2 is 1.71 bits per heavy atom. The van der Waals surface area contributed by atoms with Crippen molar-refractivity contribution >= 4 is 22.7 Å². The smallest absolute Gasteiger partial charge is 0.227 e. The van der Waals surface area contributed by atoms with E-state index in [1.54, 1.807) is 0 Å². The molecule has 0 unspecified atom stereocenters. The summed E-state index contributed by atoms with van der Waals surface area (Å²) < 4.78 is 11.0. The normalized spacial score (nSPS) is 17.8. The fourth-order valence-electron chi connectivity index (χ4n) is 4.82. The van der Waals surface area contributed by atoms with Crippen molar-refractivity contribution in [1.82, 2.24) is 24.9 Å². The molecule has 0 amide bonds. The Bertz CT molecular complexity index is 1110. The lowest BCUT2D eigenvalue weighted by Crippen LogP contribution is -2.48. The number of hydrogen-bond acceptors (Lipinski definition) is 9. The first kappa shape index (κ1) is 23.0. The van der Waals surface area contributed by atoms with E-state index in [2.05, 4.69) is 57.1 Å². The lowest BCUT2D eigenvalue weighted by atomic mass is 10.0. The second-order valence-electron chi connectivity index (χ2n) is 9.51. The number of morpholine rings is 1. The van der Waals surface area contributed by atoms with Crippen LogP contribution in [0.1, 0.15) is 11.5 Å². The van der Waals surface area contributed by atoms with Gasteiger partial charge in [0.1, 0.15) is 11.6 Å². The molecular weight excluding hydrogens is 430 g/mol. The number of fused-ring (bicyclic) bond motifs is 1. The minimum atomic E-state index is 0.717. The molecule has 4 heterocycles. The first-order valence-corrected chi connectivity index (χ1v) is 12.2. The minimum absolute atomic E-state index is 0.717. The summed E-state index contributed by atoms with van der Waals surface area (Å²) in [7, 11) is 4.26. The molecule has 5 rings (SSSR count). The van der Waals surface area contributed by atoms with Gasteiger partial charge in [0.25, 0.3) is 0 Å². The lowest BCUT2D eigenvalue weighted by Gasteiger charge is -2.36. The van der Waals surface area contributed by atoms with E-state index in [0.29, 0.717) is 0 Å². The van der Waals surface area contributed by atoms with Crippen LogP contribution in [-0.2, 0) is 4.74 Å². The van der Waals surface area contributed by atoms with Gasteiger partial charge in [-0.15, -0.1) is 0 Å². The van der Waals surface area contributed by atoms with Crippen molar-refractivity contribution in [3.05, 3.63) is 29.7 Å². The van der Waals surface area contributed by atoms with Crippen molar-refractivity contribution in [2.45, 2.75) is 13.8 Å². The number of hydrogen-bond donors (Lipinski definition) is 0. The van der Waals surface area contributed by atoms with Crippen molar-refractivity contribution in [2.75, 3.05) is 89.5 Å². The Balaban J connectivity index is 1.48. The van der Waals surface area contributed by atoms with E-state index in [9.17, 15) is 0 Å². The van der Waals surface area contributed by atoms with E-state index in [0.717, 1.165) is 111 Å². The number of benzene rings is 1. The molecule has 2 saturated heterocycles. The number of ether oxygens (including phenoxy) is 1. The van der Waals surface area contributed by atoms with Gasteiger partial charge in [0.15, 0.2) is 0 Å². The van der Waals surface area contributed by atoms with Crippen molar-refractivity contribution in [3.8, 4) is 11.1 Å². The maximum atomic E-state index is 5.62. The van der Waals surface area contributed by atoms with Gasteiger partial charge in [-0.05, 0) is 45.6 Å². The second kappa shape index (κ2) is 9.85. The highest BCUT2D eigenvalue weighted by molar-refractivity contribution is 5.94. The van der Waals surface area contributed by atoms with Crippen LogP contribution >= 0.6 is 0 Å². The van der Waals surface area contributed by atoms with E-state index < -0.39 is 0 Å². The molecule has 34 heavy (non-hydrogen) atoms. The third-order valence-electron chi connectivity index (χ3n) is 6.82. The first-order valence-electron chi connectivity index (χ1n) is 12.2. The summed E-state index contributed by atoms with van der Waals surface area (Å²) >= 11 is 0. The van der Waals surface area contributed by atoms with E-state index in [1.807, 2.05) is 13.8 Å². The Labute approximate surface area is 201 Å². The molecule has 0 aliphatic carbocycles. The van der Waals surface area contributed by atoms with Gasteiger partial charge in [0, 0.05) is 63.3 Å². The molecule has 2 aromatic heterocycles. The molecule has 0 spiro atoms. The zero-order valence-electron chi connectivity index (χ0n) is 20.8. The maximum absolute atomic E-state index is 5.62. The molecule has 2 fully saturated rings. The highest BCUT2D eigenvalue weighted by Crippen LogP contribution is 2.34. The van der Waals surface area contributed by atoms with Gasteiger partial charge < -0.3 is 24.0 Å². The largest absolute Gasteiger partial charge is 0.378 e. The molecule has 1 aromatic carbocycles. The summed E-state index contributed by atoms with van der Waals surface area (Å²) in [5.41, 5.74) is 4.00. The zero-order valence-corrected chi connectivity index (χ0v) is 20.8.